The van der Waals surface area contributed by atoms with Crippen molar-refractivity contribution < 1.29 is 14.4 Å². The fourth-order valence-electron chi connectivity index (χ4n) is 2.54. The van der Waals surface area contributed by atoms with Crippen LogP contribution in [0.1, 0.15) is 18.6 Å². The summed E-state index contributed by atoms with van der Waals surface area (Å²) >= 11 is 0. The van der Waals surface area contributed by atoms with E-state index in [0.29, 0.717) is 6.54 Å². The number of benzene rings is 2. The number of amides is 1. The smallest absolute Gasteiger partial charge is 0.404 e. The van der Waals surface area contributed by atoms with Crippen LogP contribution in [-0.2, 0) is 6.42 Å². The van der Waals surface area contributed by atoms with Gasteiger partial charge < -0.3 is 14.9 Å². The number of fused-ring (bicyclic) bond motifs is 1. The van der Waals surface area contributed by atoms with Crippen LogP contribution in [-0.4, -0.2) is 22.9 Å². The predicted octanol–water partition coefficient (Wildman–Crippen LogP) is 4.09. The average molecular weight is 310 g/mol. The van der Waals surface area contributed by atoms with Crippen LogP contribution in [0.3, 0.4) is 0 Å². The lowest BCUT2D eigenvalue weighted by Crippen LogP contribution is -2.21. The van der Waals surface area contributed by atoms with Gasteiger partial charge in [-0.3, -0.25) is 0 Å². The van der Waals surface area contributed by atoms with Gasteiger partial charge in [0.15, 0.2) is 0 Å². The first kappa shape index (κ1) is 15.1. The molecule has 5 nitrogen and oxygen atoms in total. The summed E-state index contributed by atoms with van der Waals surface area (Å²) in [5, 5.41) is 17.4. The molecule has 0 fully saturated rings. The summed E-state index contributed by atoms with van der Waals surface area (Å²) in [5.74, 6) is 0.823. The molecule has 1 amide bonds. The average Bonchev–Trinajstić information content (AvgIpc) is 3.03. The van der Waals surface area contributed by atoms with Gasteiger partial charge in [0.1, 0.15) is 11.5 Å². The summed E-state index contributed by atoms with van der Waals surface area (Å²) in [6.45, 7) is 0.459. The molecule has 0 spiro atoms. The number of hydrogen-bond donors (Lipinski definition) is 2. The molecule has 0 aliphatic carbocycles. The first-order chi connectivity index (χ1) is 11.2. The van der Waals surface area contributed by atoms with E-state index in [-0.39, 0.29) is 0 Å². The second-order valence-electron chi connectivity index (χ2n) is 5.43. The molecule has 2 aromatic carbocycles. The maximum Gasteiger partial charge on any atom is 0.404 e. The van der Waals surface area contributed by atoms with Gasteiger partial charge in [0, 0.05) is 24.6 Å². The highest BCUT2D eigenvalue weighted by Gasteiger charge is 2.07. The third-order valence-corrected chi connectivity index (χ3v) is 3.73. The second kappa shape index (κ2) is 6.96. The first-order valence-corrected chi connectivity index (χ1v) is 7.64. The molecule has 0 radical (unpaired) electrons. The fraction of sp³-hybridized carbons (Fsp3) is 0.222. The van der Waals surface area contributed by atoms with Gasteiger partial charge in [-0.05, 0) is 29.7 Å². The second-order valence-corrected chi connectivity index (χ2v) is 5.43. The van der Waals surface area contributed by atoms with Crippen LogP contribution in [0.2, 0.25) is 0 Å². The van der Waals surface area contributed by atoms with Crippen LogP contribution in [0, 0.1) is 0 Å². The quantitative estimate of drug-likeness (QED) is 0.673. The number of aromatic nitrogens is 1. The number of unbranched alkanes of at least 4 members (excludes halogenated alkanes) is 1. The maximum absolute atomic E-state index is 10.3. The van der Waals surface area contributed by atoms with Crippen molar-refractivity contribution in [3.63, 3.8) is 0 Å². The summed E-state index contributed by atoms with van der Waals surface area (Å²) in [7, 11) is 0. The number of rotatable bonds is 6. The van der Waals surface area contributed by atoms with Crippen LogP contribution >= 0.6 is 0 Å². The molecule has 0 saturated carbocycles. The number of carboxylic acid groups (broad SMARTS) is 1. The summed E-state index contributed by atoms with van der Waals surface area (Å²) in [5.41, 5.74) is 1.86. The molecule has 3 rings (SSSR count). The van der Waals surface area contributed by atoms with Crippen molar-refractivity contribution in [2.24, 2.45) is 0 Å². The van der Waals surface area contributed by atoms with E-state index in [2.05, 4.69) is 34.7 Å². The summed E-state index contributed by atoms with van der Waals surface area (Å²) in [6.07, 6.45) is 1.40. The van der Waals surface area contributed by atoms with Gasteiger partial charge in [-0.15, -0.1) is 0 Å². The Bertz CT molecular complexity index is 811. The maximum atomic E-state index is 10.3. The van der Waals surface area contributed by atoms with Gasteiger partial charge in [0.2, 0.25) is 0 Å². The molecular formula is C18H18N2O3. The Labute approximate surface area is 133 Å². The van der Waals surface area contributed by atoms with E-state index in [9.17, 15) is 4.79 Å². The monoisotopic (exact) mass is 310 g/mol. The zero-order chi connectivity index (χ0) is 16.1. The molecule has 5 heteroatoms. The Morgan fingerprint density at radius 2 is 1.91 bits per heavy atom. The lowest BCUT2D eigenvalue weighted by atomic mass is 10.0. The Kier molecular flexibility index (Phi) is 4.57. The van der Waals surface area contributed by atoms with Gasteiger partial charge in [-0.2, -0.15) is 0 Å². The highest BCUT2D eigenvalue weighted by Crippen LogP contribution is 2.24. The van der Waals surface area contributed by atoms with E-state index in [0.717, 1.165) is 36.3 Å². The third kappa shape index (κ3) is 3.88. The van der Waals surface area contributed by atoms with Crippen molar-refractivity contribution in [2.45, 2.75) is 19.3 Å². The number of hydrogen-bond acceptors (Lipinski definition) is 3. The van der Waals surface area contributed by atoms with Gasteiger partial charge in [0.25, 0.3) is 0 Å². The molecule has 0 aliphatic rings. The van der Waals surface area contributed by atoms with E-state index in [1.165, 1.54) is 10.8 Å². The minimum atomic E-state index is -0.983. The summed E-state index contributed by atoms with van der Waals surface area (Å²) in [4.78, 5) is 10.3. The lowest BCUT2D eigenvalue weighted by Gasteiger charge is -2.00. The molecule has 0 bridgehead atoms. The molecule has 1 aromatic heterocycles. The van der Waals surface area contributed by atoms with Gasteiger partial charge in [0.05, 0.1) is 0 Å². The standard InChI is InChI=1S/C18H18N2O3/c21-18(22)19-10-4-3-7-16-12-17(20-23-16)15-9-8-13-5-1-2-6-14(13)11-15/h1-2,5-6,8-9,11-12,19H,3-4,7,10H2,(H,21,22). The van der Waals surface area contributed by atoms with Gasteiger partial charge in [-0.25, -0.2) is 4.79 Å². The van der Waals surface area contributed by atoms with Crippen molar-refractivity contribution in [1.29, 1.82) is 0 Å². The Morgan fingerprint density at radius 1 is 1.09 bits per heavy atom. The summed E-state index contributed by atoms with van der Waals surface area (Å²) < 4.78 is 5.37. The number of nitrogens with zero attached hydrogens (tertiary/aromatic N) is 1. The zero-order valence-electron chi connectivity index (χ0n) is 12.7. The molecule has 0 unspecified atom stereocenters. The zero-order valence-corrected chi connectivity index (χ0v) is 12.7. The lowest BCUT2D eigenvalue weighted by molar-refractivity contribution is 0.194. The van der Waals surface area contributed by atoms with E-state index < -0.39 is 6.09 Å². The molecule has 2 N–H and O–H groups in total. The van der Waals surface area contributed by atoms with Crippen LogP contribution in [0.25, 0.3) is 22.0 Å². The Hall–Kier alpha value is -2.82. The SMILES string of the molecule is O=C(O)NCCCCc1cc(-c2ccc3ccccc3c2)no1. The highest BCUT2D eigenvalue weighted by atomic mass is 16.5. The largest absolute Gasteiger partial charge is 0.465 e. The van der Waals surface area contributed by atoms with E-state index in [4.69, 9.17) is 9.63 Å². The Morgan fingerprint density at radius 3 is 2.74 bits per heavy atom. The van der Waals surface area contributed by atoms with Crippen molar-refractivity contribution in [3.8, 4) is 11.3 Å². The molecule has 3 aromatic rings. The van der Waals surface area contributed by atoms with Crippen LogP contribution < -0.4 is 5.32 Å². The minimum absolute atomic E-state index is 0.459. The molecule has 1 heterocycles. The van der Waals surface area contributed by atoms with E-state index >= 15 is 0 Å². The highest BCUT2D eigenvalue weighted by molar-refractivity contribution is 5.86. The van der Waals surface area contributed by atoms with Crippen LogP contribution in [0.4, 0.5) is 4.79 Å². The normalized spacial score (nSPS) is 10.8. The number of nitrogens with one attached hydrogen (secondary N) is 1. The van der Waals surface area contributed by atoms with Crippen LogP contribution in [0.5, 0.6) is 0 Å². The summed E-state index contributed by atoms with van der Waals surface area (Å²) in [6, 6.07) is 16.4. The fourth-order valence-corrected chi connectivity index (χ4v) is 2.54. The topological polar surface area (TPSA) is 75.4 Å². The van der Waals surface area contributed by atoms with Crippen LogP contribution in [0.15, 0.2) is 53.1 Å². The number of carbonyl (C=O) groups is 1. The molecule has 0 saturated heterocycles. The number of aryl methyl sites for hydroxylation is 1. The minimum Gasteiger partial charge on any atom is -0.465 e. The van der Waals surface area contributed by atoms with Gasteiger partial charge >= 0.3 is 6.09 Å². The molecular weight excluding hydrogens is 292 g/mol. The van der Waals surface area contributed by atoms with Crippen molar-refractivity contribution in [3.05, 3.63) is 54.3 Å². The Balaban J connectivity index is 1.62. The van der Waals surface area contributed by atoms with E-state index in [1.807, 2.05) is 24.3 Å². The molecule has 0 atom stereocenters. The molecule has 23 heavy (non-hydrogen) atoms. The van der Waals surface area contributed by atoms with Gasteiger partial charge in [-0.1, -0.05) is 41.6 Å². The van der Waals surface area contributed by atoms with Crippen molar-refractivity contribution in [2.75, 3.05) is 6.54 Å². The van der Waals surface area contributed by atoms with E-state index in [1.54, 1.807) is 0 Å². The van der Waals surface area contributed by atoms with Crippen molar-refractivity contribution >= 4 is 16.9 Å². The third-order valence-electron chi connectivity index (χ3n) is 3.73. The molecule has 118 valence electrons. The molecule has 0 aliphatic heterocycles. The first-order valence-electron chi connectivity index (χ1n) is 7.64. The van der Waals surface area contributed by atoms with Crippen molar-refractivity contribution in [1.82, 2.24) is 10.5 Å². The predicted molar refractivity (Wildman–Crippen MR) is 88.4 cm³/mol.